The van der Waals surface area contributed by atoms with Gasteiger partial charge in [-0.2, -0.15) is 13.2 Å². The van der Waals surface area contributed by atoms with Gasteiger partial charge in [0.1, 0.15) is 30.4 Å². The fourth-order valence-electron chi connectivity index (χ4n) is 5.42. The van der Waals surface area contributed by atoms with E-state index in [0.717, 1.165) is 6.07 Å². The number of hydrogen-bond acceptors (Lipinski definition) is 5. The second kappa shape index (κ2) is 10.9. The zero-order valence-electron chi connectivity index (χ0n) is 19.9. The minimum atomic E-state index is -4.32. The number of fused-ring (bicyclic) bond motifs is 3. The normalized spacial score (nSPS) is 31.6. The Hall–Kier alpha value is -2.18. The van der Waals surface area contributed by atoms with Gasteiger partial charge in [-0.25, -0.2) is 8.78 Å². The molecule has 1 aromatic carbocycles. The first kappa shape index (κ1) is 27.8. The molecular formula is C24H29ClF5N3O4. The third-order valence-electron chi connectivity index (χ3n) is 7.54. The van der Waals surface area contributed by atoms with Crippen LogP contribution in [0.25, 0.3) is 0 Å². The molecule has 1 saturated heterocycles. The Morgan fingerprint density at radius 1 is 1.08 bits per heavy atom. The number of hydrogen-bond donors (Lipinski definition) is 3. The molecule has 1 aliphatic heterocycles. The first-order valence-corrected chi connectivity index (χ1v) is 12.5. The highest BCUT2D eigenvalue weighted by molar-refractivity contribution is 6.30. The highest BCUT2D eigenvalue weighted by atomic mass is 35.5. The lowest BCUT2D eigenvalue weighted by molar-refractivity contribution is -0.166. The lowest BCUT2D eigenvalue weighted by Gasteiger charge is -2.55. The summed E-state index contributed by atoms with van der Waals surface area (Å²) in [5, 5.41) is 7.91. The van der Waals surface area contributed by atoms with Gasteiger partial charge in [-0.05, 0) is 50.7 Å². The van der Waals surface area contributed by atoms with E-state index in [2.05, 4.69) is 16.0 Å². The van der Waals surface area contributed by atoms with E-state index >= 15 is 4.39 Å². The molecule has 2 unspecified atom stereocenters. The molecule has 7 nitrogen and oxygen atoms in total. The van der Waals surface area contributed by atoms with Crippen molar-refractivity contribution in [1.82, 2.24) is 16.0 Å². The van der Waals surface area contributed by atoms with Crippen LogP contribution in [0.2, 0.25) is 5.02 Å². The van der Waals surface area contributed by atoms with Crippen molar-refractivity contribution in [2.45, 2.75) is 80.5 Å². The number of halogens is 6. The molecule has 4 aliphatic rings. The fourth-order valence-corrected chi connectivity index (χ4v) is 5.53. The summed E-state index contributed by atoms with van der Waals surface area (Å²) in [5.41, 5.74) is -1.84. The Balaban J connectivity index is 1.21. The average molecular weight is 554 g/mol. The summed E-state index contributed by atoms with van der Waals surface area (Å²) in [7, 11) is 0. The van der Waals surface area contributed by atoms with Gasteiger partial charge in [0, 0.05) is 24.6 Å². The van der Waals surface area contributed by atoms with Gasteiger partial charge in [0.25, 0.3) is 5.91 Å². The van der Waals surface area contributed by atoms with Crippen molar-refractivity contribution >= 4 is 23.4 Å². The van der Waals surface area contributed by atoms with Gasteiger partial charge in [0.2, 0.25) is 5.91 Å². The van der Waals surface area contributed by atoms with Gasteiger partial charge in [-0.3, -0.25) is 9.59 Å². The maximum absolute atomic E-state index is 15.3. The van der Waals surface area contributed by atoms with Crippen LogP contribution in [-0.2, 0) is 14.3 Å². The average Bonchev–Trinajstić information content (AvgIpc) is 2.84. The van der Waals surface area contributed by atoms with Crippen molar-refractivity contribution in [3.8, 4) is 5.75 Å². The number of benzene rings is 1. The molecule has 37 heavy (non-hydrogen) atoms. The molecule has 0 spiro atoms. The molecule has 206 valence electrons. The largest absolute Gasteiger partial charge is 0.484 e. The molecule has 4 fully saturated rings. The summed E-state index contributed by atoms with van der Waals surface area (Å²) in [5.74, 6) is -1.53. The molecule has 3 N–H and O–H groups in total. The van der Waals surface area contributed by atoms with E-state index in [1.54, 1.807) is 0 Å². The van der Waals surface area contributed by atoms with Gasteiger partial charge in [0.15, 0.2) is 6.61 Å². The number of amides is 2. The van der Waals surface area contributed by atoms with E-state index in [4.69, 9.17) is 21.1 Å². The number of piperidine rings is 1. The standard InChI is InChI=1S/C24H29ClF5N3O4/c25-16-3-1-14(9-17(16)26)36-12-20(34)32-22-5-7-23(8-6-22,18(27)10-22)33-21(35)13-37-15-2-4-19(31-11-15)24(28,29)30/h1,3,9,15,18-19,31H,2,4-8,10-13H2,(H,32,34)(H,33,35)/t15?,18-,19?,22?,23?/m1/s1. The third kappa shape index (κ3) is 6.64. The van der Waals surface area contributed by atoms with Gasteiger partial charge in [-0.1, -0.05) is 11.6 Å². The van der Waals surface area contributed by atoms with Crippen LogP contribution < -0.4 is 20.7 Å². The number of ether oxygens (including phenoxy) is 2. The summed E-state index contributed by atoms with van der Waals surface area (Å²) < 4.78 is 77.8. The molecule has 1 heterocycles. The first-order valence-electron chi connectivity index (χ1n) is 12.2. The van der Waals surface area contributed by atoms with E-state index in [0.29, 0.717) is 25.7 Å². The summed E-state index contributed by atoms with van der Waals surface area (Å²) in [6.45, 7) is -0.770. The number of nitrogens with one attached hydrogen (secondary N) is 3. The zero-order valence-corrected chi connectivity index (χ0v) is 20.7. The molecular weight excluding hydrogens is 525 g/mol. The minimum Gasteiger partial charge on any atom is -0.484 e. The predicted molar refractivity (Wildman–Crippen MR) is 123 cm³/mol. The Labute approximate surface area is 215 Å². The van der Waals surface area contributed by atoms with Crippen molar-refractivity contribution in [1.29, 1.82) is 0 Å². The minimum absolute atomic E-state index is 0.0147. The SMILES string of the molecule is O=C(COc1ccc(Cl)c(F)c1)NC12CCC(NC(=O)COC3CCC(C(F)(F)F)NC3)(CC1)[C@H](F)C2. The van der Waals surface area contributed by atoms with Gasteiger partial charge in [-0.15, -0.1) is 0 Å². The summed E-state index contributed by atoms with van der Waals surface area (Å²) >= 11 is 5.63. The number of alkyl halides is 4. The molecule has 5 rings (SSSR count). The van der Waals surface area contributed by atoms with Crippen molar-refractivity contribution in [3.63, 3.8) is 0 Å². The van der Waals surface area contributed by atoms with E-state index in [1.165, 1.54) is 12.1 Å². The van der Waals surface area contributed by atoms with E-state index < -0.39 is 53.2 Å². The Morgan fingerprint density at radius 3 is 2.38 bits per heavy atom. The quantitative estimate of drug-likeness (QED) is 0.428. The maximum Gasteiger partial charge on any atom is 0.403 e. The first-order chi connectivity index (χ1) is 17.4. The molecule has 13 heteroatoms. The molecule has 2 bridgehead atoms. The van der Waals surface area contributed by atoms with Crippen LogP contribution in [0.4, 0.5) is 22.0 Å². The van der Waals surface area contributed by atoms with E-state index in [9.17, 15) is 27.2 Å². The van der Waals surface area contributed by atoms with Crippen LogP contribution in [0.3, 0.4) is 0 Å². The van der Waals surface area contributed by atoms with Gasteiger partial charge in [0.05, 0.1) is 16.7 Å². The van der Waals surface area contributed by atoms with E-state index in [-0.39, 0.29) is 49.8 Å². The van der Waals surface area contributed by atoms with Crippen molar-refractivity contribution in [2.75, 3.05) is 19.8 Å². The molecule has 0 radical (unpaired) electrons. The molecule has 1 aromatic rings. The summed E-state index contributed by atoms with van der Waals surface area (Å²) in [6.07, 6.45) is -4.71. The fraction of sp³-hybridized carbons (Fsp3) is 0.667. The molecule has 0 aromatic heterocycles. The van der Waals surface area contributed by atoms with Crippen molar-refractivity contribution < 1.29 is 41.0 Å². The third-order valence-corrected chi connectivity index (χ3v) is 7.84. The smallest absolute Gasteiger partial charge is 0.403 e. The Kier molecular flexibility index (Phi) is 8.20. The van der Waals surface area contributed by atoms with Crippen LogP contribution in [-0.4, -0.2) is 67.1 Å². The maximum atomic E-state index is 15.3. The number of rotatable bonds is 8. The van der Waals surface area contributed by atoms with Crippen molar-refractivity contribution in [3.05, 3.63) is 29.0 Å². The Morgan fingerprint density at radius 2 is 1.78 bits per heavy atom. The Bertz CT molecular complexity index is 995. The molecule has 3 atom stereocenters. The number of carbonyl (C=O) groups is 2. The van der Waals surface area contributed by atoms with Gasteiger partial charge >= 0.3 is 6.18 Å². The highest BCUT2D eigenvalue weighted by Crippen LogP contribution is 2.48. The lowest BCUT2D eigenvalue weighted by Crippen LogP contribution is -2.69. The second-order valence-electron chi connectivity index (χ2n) is 10.1. The van der Waals surface area contributed by atoms with Crippen molar-refractivity contribution in [2.24, 2.45) is 0 Å². The topological polar surface area (TPSA) is 88.7 Å². The van der Waals surface area contributed by atoms with E-state index in [1.807, 2.05) is 0 Å². The molecule has 3 saturated carbocycles. The summed E-state index contributed by atoms with van der Waals surface area (Å²) in [4.78, 5) is 25.0. The van der Waals surface area contributed by atoms with Gasteiger partial charge < -0.3 is 25.4 Å². The predicted octanol–water partition coefficient (Wildman–Crippen LogP) is 3.58. The second-order valence-corrected chi connectivity index (χ2v) is 10.5. The lowest BCUT2D eigenvalue weighted by atomic mass is 9.60. The van der Waals surface area contributed by atoms with Crippen LogP contribution in [0.1, 0.15) is 44.9 Å². The molecule has 2 amide bonds. The number of carbonyl (C=O) groups excluding carboxylic acids is 2. The summed E-state index contributed by atoms with van der Waals surface area (Å²) in [6, 6.07) is 2.23. The monoisotopic (exact) mass is 553 g/mol. The molecule has 3 aliphatic carbocycles. The van der Waals surface area contributed by atoms with Crippen LogP contribution >= 0.6 is 11.6 Å². The highest BCUT2D eigenvalue weighted by Gasteiger charge is 2.56. The van der Waals surface area contributed by atoms with Crippen LogP contribution in [0.15, 0.2) is 18.2 Å². The zero-order chi connectivity index (χ0) is 26.8. The van der Waals surface area contributed by atoms with Crippen LogP contribution in [0.5, 0.6) is 5.75 Å². The van der Waals surface area contributed by atoms with Crippen LogP contribution in [0, 0.1) is 5.82 Å².